The van der Waals surface area contributed by atoms with Crippen molar-refractivity contribution in [3.05, 3.63) is 48.6 Å². The predicted molar refractivity (Wildman–Crippen MR) is 99.6 cm³/mol. The summed E-state index contributed by atoms with van der Waals surface area (Å²) in [6.07, 6.45) is 2.62. The van der Waals surface area contributed by atoms with Crippen molar-refractivity contribution in [2.75, 3.05) is 6.54 Å². The summed E-state index contributed by atoms with van der Waals surface area (Å²) in [5, 5.41) is 11.5. The van der Waals surface area contributed by atoms with Gasteiger partial charge in [-0.25, -0.2) is 4.39 Å². The fraction of sp³-hybridized carbons (Fsp3) is 0.389. The minimum absolute atomic E-state index is 0.0332. The molecule has 1 amide bonds. The number of hydrogen-bond donors (Lipinski definition) is 1. The maximum Gasteiger partial charge on any atom is 0.233 e. The third-order valence-electron chi connectivity index (χ3n) is 3.49. The Labute approximate surface area is 156 Å². The number of ether oxygens (including phenoxy) is 1. The smallest absolute Gasteiger partial charge is 0.233 e. The molecule has 0 spiro atoms. The largest absolute Gasteiger partial charge is 0.486 e. The number of aromatic nitrogens is 3. The molecule has 0 saturated carbocycles. The maximum absolute atomic E-state index is 13.0. The van der Waals surface area contributed by atoms with E-state index in [9.17, 15) is 9.18 Å². The van der Waals surface area contributed by atoms with E-state index >= 15 is 0 Å². The Morgan fingerprint density at radius 2 is 2.15 bits per heavy atom. The first-order valence-electron chi connectivity index (χ1n) is 8.40. The summed E-state index contributed by atoms with van der Waals surface area (Å²) in [7, 11) is 0. The van der Waals surface area contributed by atoms with Crippen LogP contribution in [-0.4, -0.2) is 32.5 Å². The van der Waals surface area contributed by atoms with E-state index in [0.717, 1.165) is 6.42 Å². The van der Waals surface area contributed by atoms with E-state index < -0.39 is 0 Å². The lowest BCUT2D eigenvalue weighted by Crippen LogP contribution is -2.31. The molecule has 0 unspecified atom stereocenters. The summed E-state index contributed by atoms with van der Waals surface area (Å²) in [5.74, 6) is 0.800. The molecule has 2 rings (SSSR count). The molecule has 0 bridgehead atoms. The molecule has 26 heavy (non-hydrogen) atoms. The van der Waals surface area contributed by atoms with Gasteiger partial charge >= 0.3 is 0 Å². The molecule has 0 saturated heterocycles. The molecular formula is C18H23FN4O2S. The maximum atomic E-state index is 13.0. The van der Waals surface area contributed by atoms with Crippen molar-refractivity contribution in [3.8, 4) is 5.75 Å². The number of amides is 1. The van der Waals surface area contributed by atoms with Crippen LogP contribution in [0.25, 0.3) is 0 Å². The lowest BCUT2D eigenvalue weighted by atomic mass is 10.3. The molecule has 1 N–H and O–H groups in total. The molecule has 8 heteroatoms. The van der Waals surface area contributed by atoms with Crippen molar-refractivity contribution in [2.24, 2.45) is 0 Å². The summed E-state index contributed by atoms with van der Waals surface area (Å²) in [6.45, 7) is 8.93. The number of nitrogens with zero attached hydrogens (tertiary/aromatic N) is 3. The number of thioether (sulfide) groups is 1. The highest BCUT2D eigenvalue weighted by Gasteiger charge is 2.19. The number of carbonyl (C=O) groups is 1. The summed E-state index contributed by atoms with van der Waals surface area (Å²) < 4.78 is 20.4. The highest BCUT2D eigenvalue weighted by molar-refractivity contribution is 8.00. The molecule has 1 aromatic carbocycles. The first-order valence-corrected chi connectivity index (χ1v) is 9.28. The highest BCUT2D eigenvalue weighted by atomic mass is 32.2. The average Bonchev–Trinajstić information content (AvgIpc) is 3.01. The number of rotatable bonds is 10. The van der Waals surface area contributed by atoms with Crippen molar-refractivity contribution < 1.29 is 13.9 Å². The van der Waals surface area contributed by atoms with Crippen molar-refractivity contribution in [1.29, 1.82) is 0 Å². The van der Waals surface area contributed by atoms with Gasteiger partial charge in [0.2, 0.25) is 5.91 Å². The summed E-state index contributed by atoms with van der Waals surface area (Å²) in [6, 6.07) is 5.78. The molecule has 1 heterocycles. The van der Waals surface area contributed by atoms with Crippen LogP contribution in [0, 0.1) is 5.82 Å². The van der Waals surface area contributed by atoms with Gasteiger partial charge in [0.25, 0.3) is 0 Å². The molecule has 0 aliphatic carbocycles. The number of nitrogens with one attached hydrogen (secondary N) is 1. The second-order valence-corrected chi connectivity index (χ2v) is 6.90. The minimum atomic E-state index is -0.318. The first-order chi connectivity index (χ1) is 12.5. The Morgan fingerprint density at radius 3 is 2.81 bits per heavy atom. The number of halogens is 1. The third kappa shape index (κ3) is 5.59. The highest BCUT2D eigenvalue weighted by Crippen LogP contribution is 2.23. The van der Waals surface area contributed by atoms with Gasteiger partial charge in [-0.15, -0.1) is 16.8 Å². The van der Waals surface area contributed by atoms with Crippen LogP contribution in [-0.2, 0) is 17.9 Å². The van der Waals surface area contributed by atoms with Gasteiger partial charge in [-0.2, -0.15) is 0 Å². The molecule has 0 radical (unpaired) electrons. The van der Waals surface area contributed by atoms with Crippen LogP contribution in [0.3, 0.4) is 0 Å². The van der Waals surface area contributed by atoms with E-state index in [2.05, 4.69) is 22.1 Å². The van der Waals surface area contributed by atoms with Crippen molar-refractivity contribution in [1.82, 2.24) is 20.1 Å². The minimum Gasteiger partial charge on any atom is -0.486 e. The van der Waals surface area contributed by atoms with Gasteiger partial charge in [-0.05, 0) is 37.6 Å². The number of benzene rings is 1. The van der Waals surface area contributed by atoms with Gasteiger partial charge in [0.15, 0.2) is 11.0 Å². The van der Waals surface area contributed by atoms with E-state index in [1.807, 2.05) is 18.4 Å². The van der Waals surface area contributed by atoms with E-state index in [1.165, 1.54) is 23.9 Å². The van der Waals surface area contributed by atoms with Crippen LogP contribution < -0.4 is 10.1 Å². The molecule has 2 aromatic rings. The Morgan fingerprint density at radius 1 is 1.42 bits per heavy atom. The molecule has 1 aromatic heterocycles. The van der Waals surface area contributed by atoms with Crippen LogP contribution in [0.4, 0.5) is 4.39 Å². The van der Waals surface area contributed by atoms with Gasteiger partial charge in [0, 0.05) is 13.1 Å². The quantitative estimate of drug-likeness (QED) is 0.508. The van der Waals surface area contributed by atoms with E-state index in [4.69, 9.17) is 4.74 Å². The van der Waals surface area contributed by atoms with Crippen molar-refractivity contribution in [3.63, 3.8) is 0 Å². The van der Waals surface area contributed by atoms with Crippen LogP contribution in [0.5, 0.6) is 5.75 Å². The Balaban J connectivity index is 2.05. The van der Waals surface area contributed by atoms with Gasteiger partial charge in [-0.3, -0.25) is 9.36 Å². The molecule has 140 valence electrons. The normalized spacial score (nSPS) is 11.8. The monoisotopic (exact) mass is 378 g/mol. The van der Waals surface area contributed by atoms with Crippen LogP contribution >= 0.6 is 11.8 Å². The number of hydrogen-bond acceptors (Lipinski definition) is 5. The molecule has 0 fully saturated rings. The van der Waals surface area contributed by atoms with Gasteiger partial charge < -0.3 is 10.1 Å². The second-order valence-electron chi connectivity index (χ2n) is 5.59. The molecule has 0 aliphatic heterocycles. The predicted octanol–water partition coefficient (Wildman–Crippen LogP) is 3.19. The van der Waals surface area contributed by atoms with Crippen molar-refractivity contribution in [2.45, 2.75) is 43.8 Å². The fourth-order valence-electron chi connectivity index (χ4n) is 2.11. The van der Waals surface area contributed by atoms with Gasteiger partial charge in [-0.1, -0.05) is 24.8 Å². The zero-order valence-electron chi connectivity index (χ0n) is 14.9. The summed E-state index contributed by atoms with van der Waals surface area (Å²) in [5.41, 5.74) is 0. The zero-order valence-corrected chi connectivity index (χ0v) is 15.8. The average molecular weight is 378 g/mol. The Hall–Kier alpha value is -2.35. The van der Waals surface area contributed by atoms with Crippen LogP contribution in [0.2, 0.25) is 0 Å². The fourth-order valence-corrected chi connectivity index (χ4v) is 3.01. The van der Waals surface area contributed by atoms with E-state index in [0.29, 0.717) is 29.8 Å². The van der Waals surface area contributed by atoms with E-state index in [1.54, 1.807) is 18.2 Å². The third-order valence-corrected chi connectivity index (χ3v) is 4.57. The molecule has 6 nitrogen and oxygen atoms in total. The lowest BCUT2D eigenvalue weighted by molar-refractivity contribution is -0.120. The summed E-state index contributed by atoms with van der Waals surface area (Å²) >= 11 is 1.34. The van der Waals surface area contributed by atoms with Crippen molar-refractivity contribution >= 4 is 17.7 Å². The number of allylic oxidation sites excluding steroid dienone is 1. The Bertz CT molecular complexity index is 733. The summed E-state index contributed by atoms with van der Waals surface area (Å²) in [4.78, 5) is 12.1. The molecule has 0 aliphatic rings. The Kier molecular flexibility index (Phi) is 7.65. The molecule has 1 atom stereocenters. The molecular weight excluding hydrogens is 355 g/mol. The van der Waals surface area contributed by atoms with Crippen LogP contribution in [0.1, 0.15) is 26.1 Å². The van der Waals surface area contributed by atoms with E-state index in [-0.39, 0.29) is 23.6 Å². The lowest BCUT2D eigenvalue weighted by Gasteiger charge is -2.12. The topological polar surface area (TPSA) is 69.0 Å². The van der Waals surface area contributed by atoms with Crippen LogP contribution in [0.15, 0.2) is 42.1 Å². The first kappa shape index (κ1) is 20.0. The van der Waals surface area contributed by atoms with Gasteiger partial charge in [0.05, 0.1) is 5.25 Å². The van der Waals surface area contributed by atoms with Gasteiger partial charge in [0.1, 0.15) is 18.2 Å². The second kappa shape index (κ2) is 9.96. The standard InChI is InChI=1S/C18H23FN4O2S/c1-4-10-20-17(24)13(3)26-18-22-21-16(23(18)11-5-2)12-25-15-8-6-14(19)7-9-15/h5-9,13H,2,4,10-12H2,1,3H3,(H,20,24)/t13-/m1/s1. The number of carbonyl (C=O) groups excluding carboxylic acids is 1. The SMILES string of the molecule is C=CCn1c(COc2ccc(F)cc2)nnc1S[C@H](C)C(=O)NCCC. The zero-order chi connectivity index (χ0) is 18.9.